The maximum atomic E-state index is 13.1. The first-order chi connectivity index (χ1) is 14.4. The fourth-order valence-electron chi connectivity index (χ4n) is 3.29. The lowest BCUT2D eigenvalue weighted by Crippen LogP contribution is -2.14. The Morgan fingerprint density at radius 3 is 2.63 bits per heavy atom. The number of rotatable bonds is 6. The largest absolute Gasteiger partial charge is 0.411 e. The molecule has 4 rings (SSSR count). The van der Waals surface area contributed by atoms with Gasteiger partial charge in [-0.05, 0) is 63.2 Å². The van der Waals surface area contributed by atoms with Crippen LogP contribution in [0.5, 0.6) is 0 Å². The number of nitrogens with zero attached hydrogens (tertiary/aromatic N) is 4. The van der Waals surface area contributed by atoms with Crippen LogP contribution in [0.3, 0.4) is 0 Å². The zero-order chi connectivity index (χ0) is 21.3. The maximum absolute atomic E-state index is 13.1. The highest BCUT2D eigenvalue weighted by atomic mass is 35.5. The monoisotopic (exact) mass is 438 g/mol. The van der Waals surface area contributed by atoms with Gasteiger partial charge in [0.1, 0.15) is 0 Å². The Morgan fingerprint density at radius 2 is 1.93 bits per heavy atom. The lowest BCUT2D eigenvalue weighted by atomic mass is 10.1. The number of aromatic nitrogens is 4. The number of carbonyl (C=O) groups is 1. The van der Waals surface area contributed by atoms with Crippen molar-refractivity contribution in [2.75, 3.05) is 0 Å². The third-order valence-electron chi connectivity index (χ3n) is 4.74. The molecule has 0 aliphatic rings. The summed E-state index contributed by atoms with van der Waals surface area (Å²) in [5, 5.41) is 8.75. The van der Waals surface area contributed by atoms with E-state index in [1.165, 1.54) is 11.8 Å². The normalized spacial score (nSPS) is 12.1. The summed E-state index contributed by atoms with van der Waals surface area (Å²) >= 11 is 7.25. The lowest BCUT2D eigenvalue weighted by molar-refractivity contribution is 0.0993. The van der Waals surface area contributed by atoms with Gasteiger partial charge in [-0.25, -0.2) is 0 Å². The minimum absolute atomic E-state index is 0.00874. The summed E-state index contributed by atoms with van der Waals surface area (Å²) in [6, 6.07) is 13.1. The number of aryl methyl sites for hydroxylation is 1. The Hall–Kier alpha value is -2.90. The maximum Gasteiger partial charge on any atom is 0.277 e. The first kappa shape index (κ1) is 20.4. The first-order valence-corrected chi connectivity index (χ1v) is 10.6. The summed E-state index contributed by atoms with van der Waals surface area (Å²) < 4.78 is 7.75. The lowest BCUT2D eigenvalue weighted by Gasteiger charge is -2.11. The highest BCUT2D eigenvalue weighted by Crippen LogP contribution is 2.30. The fourth-order valence-corrected chi connectivity index (χ4v) is 4.16. The van der Waals surface area contributed by atoms with E-state index >= 15 is 0 Å². The molecular weight excluding hydrogens is 420 g/mol. The van der Waals surface area contributed by atoms with E-state index in [4.69, 9.17) is 16.0 Å². The van der Waals surface area contributed by atoms with Gasteiger partial charge in [0.05, 0.1) is 10.8 Å². The van der Waals surface area contributed by atoms with Crippen LogP contribution >= 0.6 is 23.4 Å². The second-order valence-electron chi connectivity index (χ2n) is 6.84. The van der Waals surface area contributed by atoms with Gasteiger partial charge in [-0.3, -0.25) is 9.78 Å². The summed E-state index contributed by atoms with van der Waals surface area (Å²) in [6.45, 7) is 5.77. The third kappa shape index (κ3) is 4.04. The van der Waals surface area contributed by atoms with Crippen LogP contribution in [-0.2, 0) is 0 Å². The molecule has 1 atom stereocenters. The highest BCUT2D eigenvalue weighted by molar-refractivity contribution is 8.00. The van der Waals surface area contributed by atoms with E-state index in [-0.39, 0.29) is 11.0 Å². The van der Waals surface area contributed by atoms with Crippen molar-refractivity contribution < 1.29 is 9.21 Å². The predicted octanol–water partition coefficient (Wildman–Crippen LogP) is 5.56. The number of carbonyl (C=O) groups excluding carboxylic acids is 1. The molecule has 1 unspecified atom stereocenters. The molecule has 0 aliphatic carbocycles. The van der Waals surface area contributed by atoms with Gasteiger partial charge in [-0.15, -0.1) is 10.2 Å². The van der Waals surface area contributed by atoms with Crippen molar-refractivity contribution in [2.24, 2.45) is 0 Å². The van der Waals surface area contributed by atoms with Gasteiger partial charge >= 0.3 is 0 Å². The fraction of sp³-hybridized carbons (Fsp3) is 0.182. The zero-order valence-electron chi connectivity index (χ0n) is 16.7. The number of hydrogen-bond acceptors (Lipinski definition) is 6. The van der Waals surface area contributed by atoms with Gasteiger partial charge in [0.15, 0.2) is 5.78 Å². The van der Waals surface area contributed by atoms with Crippen molar-refractivity contribution in [1.29, 1.82) is 0 Å². The Morgan fingerprint density at radius 1 is 1.17 bits per heavy atom. The second-order valence-corrected chi connectivity index (χ2v) is 8.56. The topological polar surface area (TPSA) is 73.8 Å². The van der Waals surface area contributed by atoms with Crippen LogP contribution in [0.25, 0.3) is 17.1 Å². The van der Waals surface area contributed by atoms with Crippen LogP contribution in [0, 0.1) is 13.8 Å². The summed E-state index contributed by atoms with van der Waals surface area (Å²) in [5.41, 5.74) is 4.24. The standard InChI is InChI=1S/C22H19ClN4O2S/c1-13-11-19(14(2)27(13)18-8-6-17(23)7-9-18)20(28)15(3)30-22-26-25-21(29-22)16-5-4-10-24-12-16/h4-12,15H,1-3H3. The van der Waals surface area contributed by atoms with Crippen LogP contribution in [0.2, 0.25) is 5.02 Å². The molecule has 0 spiro atoms. The summed E-state index contributed by atoms with van der Waals surface area (Å²) in [5.74, 6) is 0.389. The van der Waals surface area contributed by atoms with E-state index in [2.05, 4.69) is 15.2 Å². The number of ketones is 1. The summed E-state index contributed by atoms with van der Waals surface area (Å²) in [7, 11) is 0. The van der Waals surface area contributed by atoms with Gasteiger partial charge in [-0.2, -0.15) is 0 Å². The van der Waals surface area contributed by atoms with Crippen LogP contribution in [0.1, 0.15) is 28.7 Å². The SMILES string of the molecule is Cc1cc(C(=O)C(C)Sc2nnc(-c3cccnc3)o2)c(C)n1-c1ccc(Cl)cc1. The quantitative estimate of drug-likeness (QED) is 0.290. The molecule has 0 fully saturated rings. The molecule has 0 amide bonds. The number of pyridine rings is 1. The summed E-state index contributed by atoms with van der Waals surface area (Å²) in [6.07, 6.45) is 3.33. The van der Waals surface area contributed by atoms with Gasteiger partial charge in [0.2, 0.25) is 5.89 Å². The van der Waals surface area contributed by atoms with Crippen molar-refractivity contribution in [3.8, 4) is 17.1 Å². The molecule has 3 heterocycles. The van der Waals surface area contributed by atoms with Gasteiger partial charge in [0.25, 0.3) is 5.22 Å². The molecule has 0 N–H and O–H groups in total. The molecule has 152 valence electrons. The minimum Gasteiger partial charge on any atom is -0.411 e. The third-order valence-corrected chi connectivity index (χ3v) is 5.93. The van der Waals surface area contributed by atoms with Gasteiger partial charge < -0.3 is 8.98 Å². The molecule has 0 radical (unpaired) electrons. The van der Waals surface area contributed by atoms with Crippen LogP contribution < -0.4 is 0 Å². The van der Waals surface area contributed by atoms with E-state index in [9.17, 15) is 4.79 Å². The van der Waals surface area contributed by atoms with Crippen molar-refractivity contribution in [3.63, 3.8) is 0 Å². The van der Waals surface area contributed by atoms with Crippen molar-refractivity contribution in [2.45, 2.75) is 31.2 Å². The molecular formula is C22H19ClN4O2S. The Bertz CT molecular complexity index is 1190. The molecule has 6 nitrogen and oxygen atoms in total. The smallest absolute Gasteiger partial charge is 0.277 e. The van der Waals surface area contributed by atoms with Crippen LogP contribution in [0.15, 0.2) is 64.5 Å². The van der Waals surface area contributed by atoms with Crippen molar-refractivity contribution >= 4 is 29.1 Å². The van der Waals surface area contributed by atoms with Crippen LogP contribution in [0.4, 0.5) is 0 Å². The van der Waals surface area contributed by atoms with Crippen molar-refractivity contribution in [3.05, 3.63) is 76.8 Å². The van der Waals surface area contributed by atoms with E-state index in [0.717, 1.165) is 22.6 Å². The zero-order valence-corrected chi connectivity index (χ0v) is 18.2. The van der Waals surface area contributed by atoms with Crippen LogP contribution in [-0.4, -0.2) is 30.8 Å². The predicted molar refractivity (Wildman–Crippen MR) is 117 cm³/mol. The number of halogens is 1. The Labute approximate surface area is 183 Å². The van der Waals surface area contributed by atoms with Crippen molar-refractivity contribution in [1.82, 2.24) is 19.7 Å². The van der Waals surface area contributed by atoms with Gasteiger partial charge in [0, 0.05) is 40.1 Å². The highest BCUT2D eigenvalue weighted by Gasteiger charge is 2.24. The molecule has 1 aromatic carbocycles. The van der Waals surface area contributed by atoms with E-state index < -0.39 is 0 Å². The molecule has 0 bridgehead atoms. The average molecular weight is 439 g/mol. The Balaban J connectivity index is 1.54. The number of thioether (sulfide) groups is 1. The molecule has 0 saturated heterocycles. The molecule has 3 aromatic heterocycles. The first-order valence-electron chi connectivity index (χ1n) is 9.33. The number of Topliss-reactive ketones (excluding diaryl/α,β-unsaturated/α-hetero) is 1. The van der Waals surface area contributed by atoms with E-state index in [0.29, 0.717) is 21.7 Å². The summed E-state index contributed by atoms with van der Waals surface area (Å²) in [4.78, 5) is 17.2. The average Bonchev–Trinajstić information content (AvgIpc) is 3.33. The molecule has 0 saturated carbocycles. The second kappa shape index (κ2) is 8.45. The minimum atomic E-state index is -0.383. The number of hydrogen-bond donors (Lipinski definition) is 0. The molecule has 8 heteroatoms. The Kier molecular flexibility index (Phi) is 5.74. The van der Waals surface area contributed by atoms with Gasteiger partial charge in [-0.1, -0.05) is 23.4 Å². The molecule has 0 aliphatic heterocycles. The number of benzene rings is 1. The van der Waals surface area contributed by atoms with E-state index in [1.807, 2.05) is 61.7 Å². The molecule has 30 heavy (non-hydrogen) atoms. The van der Waals surface area contributed by atoms with E-state index in [1.54, 1.807) is 18.5 Å². The molecule has 4 aromatic rings.